The van der Waals surface area contributed by atoms with Crippen LogP contribution in [0.5, 0.6) is 0 Å². The Hall–Kier alpha value is -1.94. The van der Waals surface area contributed by atoms with E-state index in [1.165, 1.54) is 0 Å². The Morgan fingerprint density at radius 1 is 1.29 bits per heavy atom. The van der Waals surface area contributed by atoms with Crippen molar-refractivity contribution >= 4 is 16.8 Å². The molecule has 0 aliphatic heterocycles. The van der Waals surface area contributed by atoms with E-state index in [1.807, 2.05) is 38.1 Å². The summed E-state index contributed by atoms with van der Waals surface area (Å²) in [6.45, 7) is 4.67. The zero-order valence-electron chi connectivity index (χ0n) is 12.7. The normalized spacial score (nSPS) is 12.6. The monoisotopic (exact) mass is 285 g/mol. The third-order valence-electron chi connectivity index (χ3n) is 3.71. The summed E-state index contributed by atoms with van der Waals surface area (Å²) in [5, 5.41) is 4.06. The predicted molar refractivity (Wildman–Crippen MR) is 85.9 cm³/mol. The second-order valence-corrected chi connectivity index (χ2v) is 5.70. The average molecular weight is 285 g/mol. The summed E-state index contributed by atoms with van der Waals surface area (Å²) in [6.07, 6.45) is 2.95. The lowest BCUT2D eigenvalue weighted by Crippen LogP contribution is -2.35. The molecule has 0 spiro atoms. The van der Waals surface area contributed by atoms with Crippen molar-refractivity contribution in [1.82, 2.24) is 10.3 Å². The number of fused-ring (bicyclic) bond motifs is 1. The number of carbonyl (C=O) groups is 1. The van der Waals surface area contributed by atoms with Crippen LogP contribution >= 0.6 is 0 Å². The first-order chi connectivity index (χ1) is 10.1. The van der Waals surface area contributed by atoms with E-state index in [9.17, 15) is 4.79 Å². The first kappa shape index (κ1) is 15.4. The van der Waals surface area contributed by atoms with Crippen LogP contribution in [0.3, 0.4) is 0 Å². The molecular formula is C17H23N3O. The fourth-order valence-corrected chi connectivity index (χ4v) is 2.23. The van der Waals surface area contributed by atoms with Gasteiger partial charge in [-0.25, -0.2) is 0 Å². The fourth-order valence-electron chi connectivity index (χ4n) is 2.23. The minimum atomic E-state index is -0.0794. The number of rotatable bonds is 6. The molecule has 0 saturated heterocycles. The molecule has 1 amide bonds. The van der Waals surface area contributed by atoms with Crippen LogP contribution in [0.2, 0.25) is 0 Å². The highest BCUT2D eigenvalue weighted by atomic mass is 16.1. The number of pyridine rings is 1. The number of nitrogens with zero attached hydrogens (tertiary/aromatic N) is 1. The van der Waals surface area contributed by atoms with Crippen LogP contribution < -0.4 is 11.1 Å². The molecule has 0 saturated carbocycles. The van der Waals surface area contributed by atoms with Crippen LogP contribution in [0.4, 0.5) is 0 Å². The zero-order chi connectivity index (χ0) is 15.2. The van der Waals surface area contributed by atoms with E-state index in [0.717, 1.165) is 22.9 Å². The van der Waals surface area contributed by atoms with Crippen LogP contribution in [0.25, 0.3) is 10.9 Å². The largest absolute Gasteiger partial charge is 0.356 e. The van der Waals surface area contributed by atoms with Crippen LogP contribution in [-0.4, -0.2) is 23.5 Å². The quantitative estimate of drug-likeness (QED) is 0.855. The molecule has 1 aromatic heterocycles. The van der Waals surface area contributed by atoms with Crippen molar-refractivity contribution in [3.63, 3.8) is 0 Å². The zero-order valence-corrected chi connectivity index (χ0v) is 12.7. The number of aromatic nitrogens is 1. The number of para-hydroxylation sites is 1. The molecule has 4 nitrogen and oxygen atoms in total. The van der Waals surface area contributed by atoms with Gasteiger partial charge in [-0.15, -0.1) is 0 Å². The smallest absolute Gasteiger partial charge is 0.221 e. The molecule has 0 fully saturated rings. The van der Waals surface area contributed by atoms with E-state index in [2.05, 4.69) is 16.4 Å². The van der Waals surface area contributed by atoms with Gasteiger partial charge >= 0.3 is 0 Å². The van der Waals surface area contributed by atoms with Crippen molar-refractivity contribution in [3.05, 3.63) is 42.1 Å². The van der Waals surface area contributed by atoms with Gasteiger partial charge in [-0.05, 0) is 24.0 Å². The van der Waals surface area contributed by atoms with E-state index in [0.29, 0.717) is 18.9 Å². The van der Waals surface area contributed by atoms with Gasteiger partial charge in [-0.3, -0.25) is 9.78 Å². The molecule has 2 rings (SSSR count). The molecule has 0 radical (unpaired) electrons. The standard InChI is InChI=1S/C17H23N3O/c1-12(2)15(18)11-16(21)19-10-8-14-6-3-5-13-7-4-9-20-17(13)14/h3-7,9,12,15H,8,10-11,18H2,1-2H3,(H,19,21). The number of hydrogen-bond donors (Lipinski definition) is 2. The van der Waals surface area contributed by atoms with Gasteiger partial charge in [0.15, 0.2) is 0 Å². The predicted octanol–water partition coefficient (Wildman–Crippen LogP) is 2.27. The summed E-state index contributed by atoms with van der Waals surface area (Å²) < 4.78 is 0. The van der Waals surface area contributed by atoms with Gasteiger partial charge in [0.25, 0.3) is 0 Å². The number of nitrogens with two attached hydrogens (primary N) is 1. The minimum absolute atomic E-state index is 0.0180. The van der Waals surface area contributed by atoms with Gasteiger partial charge in [-0.1, -0.05) is 38.1 Å². The molecule has 1 heterocycles. The maximum Gasteiger partial charge on any atom is 0.221 e. The highest BCUT2D eigenvalue weighted by Gasteiger charge is 2.12. The summed E-state index contributed by atoms with van der Waals surface area (Å²) in [5.41, 5.74) is 8.07. The lowest BCUT2D eigenvalue weighted by atomic mass is 10.0. The van der Waals surface area contributed by atoms with Crippen LogP contribution in [0.1, 0.15) is 25.8 Å². The Kier molecular flexibility index (Phi) is 5.28. The average Bonchev–Trinajstić information content (AvgIpc) is 2.47. The molecule has 1 atom stereocenters. The van der Waals surface area contributed by atoms with Gasteiger partial charge < -0.3 is 11.1 Å². The van der Waals surface area contributed by atoms with Crippen molar-refractivity contribution < 1.29 is 4.79 Å². The second kappa shape index (κ2) is 7.18. The summed E-state index contributed by atoms with van der Waals surface area (Å²) in [7, 11) is 0. The third kappa shape index (κ3) is 4.26. The molecule has 3 N–H and O–H groups in total. The maximum atomic E-state index is 11.8. The first-order valence-electron chi connectivity index (χ1n) is 7.43. The molecule has 0 bridgehead atoms. The van der Waals surface area contributed by atoms with Gasteiger partial charge in [0.1, 0.15) is 0 Å². The SMILES string of the molecule is CC(C)C(N)CC(=O)NCCc1cccc2cccnc12. The van der Waals surface area contributed by atoms with Crippen molar-refractivity contribution in [2.75, 3.05) is 6.54 Å². The van der Waals surface area contributed by atoms with Gasteiger partial charge in [0.2, 0.25) is 5.91 Å². The van der Waals surface area contributed by atoms with Crippen molar-refractivity contribution in [2.45, 2.75) is 32.7 Å². The molecular weight excluding hydrogens is 262 g/mol. The molecule has 4 heteroatoms. The number of amides is 1. The summed E-state index contributed by atoms with van der Waals surface area (Å²) in [4.78, 5) is 16.2. The second-order valence-electron chi connectivity index (χ2n) is 5.70. The Labute approximate surface area is 125 Å². The number of benzene rings is 1. The fraction of sp³-hybridized carbons (Fsp3) is 0.412. The number of hydrogen-bond acceptors (Lipinski definition) is 3. The van der Waals surface area contributed by atoms with Crippen LogP contribution in [0, 0.1) is 5.92 Å². The van der Waals surface area contributed by atoms with Gasteiger partial charge in [0.05, 0.1) is 5.52 Å². The molecule has 0 aliphatic rings. The maximum absolute atomic E-state index is 11.8. The van der Waals surface area contributed by atoms with E-state index in [1.54, 1.807) is 6.20 Å². The highest BCUT2D eigenvalue weighted by Crippen LogP contribution is 2.16. The Morgan fingerprint density at radius 2 is 2.05 bits per heavy atom. The molecule has 1 unspecified atom stereocenters. The van der Waals surface area contributed by atoms with Crippen molar-refractivity contribution in [1.29, 1.82) is 0 Å². The minimum Gasteiger partial charge on any atom is -0.356 e. The summed E-state index contributed by atoms with van der Waals surface area (Å²) >= 11 is 0. The lowest BCUT2D eigenvalue weighted by molar-refractivity contribution is -0.121. The number of carbonyl (C=O) groups excluding carboxylic acids is 1. The van der Waals surface area contributed by atoms with Gasteiger partial charge in [0, 0.05) is 30.6 Å². The van der Waals surface area contributed by atoms with E-state index in [4.69, 9.17) is 5.73 Å². The lowest BCUT2D eigenvalue weighted by Gasteiger charge is -2.15. The molecule has 21 heavy (non-hydrogen) atoms. The first-order valence-corrected chi connectivity index (χ1v) is 7.43. The van der Waals surface area contributed by atoms with Gasteiger partial charge in [-0.2, -0.15) is 0 Å². The Balaban J connectivity index is 1.89. The van der Waals surface area contributed by atoms with Crippen molar-refractivity contribution in [3.8, 4) is 0 Å². The van der Waals surface area contributed by atoms with Crippen LogP contribution in [0.15, 0.2) is 36.5 Å². The topological polar surface area (TPSA) is 68.0 Å². The molecule has 112 valence electrons. The third-order valence-corrected chi connectivity index (χ3v) is 3.71. The summed E-state index contributed by atoms with van der Waals surface area (Å²) in [5.74, 6) is 0.336. The Morgan fingerprint density at radius 3 is 2.81 bits per heavy atom. The molecule has 2 aromatic rings. The Bertz CT molecular complexity index is 605. The van der Waals surface area contributed by atoms with E-state index < -0.39 is 0 Å². The van der Waals surface area contributed by atoms with E-state index >= 15 is 0 Å². The summed E-state index contributed by atoms with van der Waals surface area (Å²) in [6, 6.07) is 10.0. The molecule has 1 aromatic carbocycles. The van der Waals surface area contributed by atoms with Crippen LogP contribution in [-0.2, 0) is 11.2 Å². The highest BCUT2D eigenvalue weighted by molar-refractivity contribution is 5.81. The van der Waals surface area contributed by atoms with Crippen molar-refractivity contribution in [2.24, 2.45) is 11.7 Å². The number of nitrogens with one attached hydrogen (secondary N) is 1. The molecule has 0 aliphatic carbocycles. The van der Waals surface area contributed by atoms with E-state index in [-0.39, 0.29) is 11.9 Å².